The van der Waals surface area contributed by atoms with Gasteiger partial charge in [-0.15, -0.1) is 0 Å². The Morgan fingerprint density at radius 1 is 1.04 bits per heavy atom. The molecule has 0 aromatic carbocycles. The summed E-state index contributed by atoms with van der Waals surface area (Å²) in [4.78, 5) is 35.7. The van der Waals surface area contributed by atoms with Crippen LogP contribution in [0.2, 0.25) is 0 Å². The average Bonchev–Trinajstić information content (AvgIpc) is 2.92. The van der Waals surface area contributed by atoms with E-state index in [1.165, 1.54) is 5.57 Å². The maximum Gasteiger partial charge on any atom is 0.303 e. The number of carboxylic acid groups (broad SMARTS) is 1. The van der Waals surface area contributed by atoms with Crippen molar-refractivity contribution in [2.75, 3.05) is 0 Å². The number of hydrogen-bond donors (Lipinski definition) is 2. The quantitative estimate of drug-likeness (QED) is 0.766. The Bertz CT molecular complexity index is 754. The first-order chi connectivity index (χ1) is 13.1. The second-order valence-corrected chi connectivity index (χ2v) is 10.1. The average molecular weight is 389 g/mol. The Morgan fingerprint density at radius 3 is 2.46 bits per heavy atom. The first-order valence-corrected chi connectivity index (χ1v) is 10.8. The zero-order valence-electron chi connectivity index (χ0n) is 17.0. The lowest BCUT2D eigenvalue weighted by molar-refractivity contribution is -0.163. The molecule has 5 heteroatoms. The second kappa shape index (κ2) is 6.51. The molecule has 0 spiro atoms. The molecule has 0 radical (unpaired) electrons. The molecule has 5 nitrogen and oxygen atoms in total. The normalized spacial score (nSPS) is 44.9. The molecule has 6 atom stereocenters. The minimum absolute atomic E-state index is 0.0756. The lowest BCUT2D eigenvalue weighted by Gasteiger charge is -2.58. The monoisotopic (exact) mass is 388 g/mol. The summed E-state index contributed by atoms with van der Waals surface area (Å²) in [5.74, 6) is 0.244. The third-order valence-corrected chi connectivity index (χ3v) is 9.14. The highest BCUT2D eigenvalue weighted by atomic mass is 16.4. The first kappa shape index (κ1) is 19.8. The van der Waals surface area contributed by atoms with Crippen molar-refractivity contribution in [3.05, 3.63) is 11.6 Å². The van der Waals surface area contributed by atoms with Gasteiger partial charge in [-0.25, -0.2) is 0 Å². The van der Waals surface area contributed by atoms with Gasteiger partial charge in [0.1, 0.15) is 5.60 Å². The Hall–Kier alpha value is -1.49. The summed E-state index contributed by atoms with van der Waals surface area (Å²) in [6.45, 7) is 4.39. The summed E-state index contributed by atoms with van der Waals surface area (Å²) >= 11 is 0. The van der Waals surface area contributed by atoms with E-state index in [2.05, 4.69) is 13.8 Å². The summed E-state index contributed by atoms with van der Waals surface area (Å²) in [5, 5.41) is 20.4. The molecule has 4 aliphatic rings. The van der Waals surface area contributed by atoms with Crippen LogP contribution in [0, 0.1) is 28.6 Å². The van der Waals surface area contributed by atoms with Crippen molar-refractivity contribution < 1.29 is 24.6 Å². The molecule has 0 bridgehead atoms. The van der Waals surface area contributed by atoms with Crippen molar-refractivity contribution in [1.82, 2.24) is 0 Å². The predicted octanol–water partition coefficient (Wildman–Crippen LogP) is 3.68. The van der Waals surface area contributed by atoms with Gasteiger partial charge in [-0.2, -0.15) is 0 Å². The molecule has 0 heterocycles. The molecule has 154 valence electrons. The van der Waals surface area contributed by atoms with Gasteiger partial charge in [-0.1, -0.05) is 19.4 Å². The van der Waals surface area contributed by atoms with Crippen LogP contribution in [-0.4, -0.2) is 33.3 Å². The van der Waals surface area contributed by atoms with Crippen LogP contribution >= 0.6 is 0 Å². The molecule has 0 saturated heterocycles. The van der Waals surface area contributed by atoms with Crippen molar-refractivity contribution in [3.63, 3.8) is 0 Å². The minimum Gasteiger partial charge on any atom is -0.481 e. The van der Waals surface area contributed by atoms with E-state index >= 15 is 0 Å². The number of aliphatic carboxylic acids is 1. The summed E-state index contributed by atoms with van der Waals surface area (Å²) in [6, 6.07) is 0. The van der Waals surface area contributed by atoms with Crippen LogP contribution in [0.1, 0.15) is 78.1 Å². The van der Waals surface area contributed by atoms with Crippen molar-refractivity contribution in [2.45, 2.75) is 83.7 Å². The van der Waals surface area contributed by atoms with Crippen molar-refractivity contribution >= 4 is 17.5 Å². The molecule has 0 unspecified atom stereocenters. The fraction of sp³-hybridized carbons (Fsp3) is 0.783. The number of carbonyl (C=O) groups is 3. The van der Waals surface area contributed by atoms with Crippen LogP contribution in [0.3, 0.4) is 0 Å². The van der Waals surface area contributed by atoms with Gasteiger partial charge in [0.05, 0.1) is 6.42 Å². The molecule has 0 aromatic heterocycles. The summed E-state index contributed by atoms with van der Waals surface area (Å²) in [6.07, 6.45) is 8.16. The van der Waals surface area contributed by atoms with Crippen LogP contribution < -0.4 is 0 Å². The smallest absolute Gasteiger partial charge is 0.303 e. The molecule has 4 rings (SSSR count). The minimum atomic E-state index is -1.39. The molecule has 28 heavy (non-hydrogen) atoms. The van der Waals surface area contributed by atoms with E-state index in [0.717, 1.165) is 38.5 Å². The zero-order chi connectivity index (χ0) is 20.3. The largest absolute Gasteiger partial charge is 0.481 e. The van der Waals surface area contributed by atoms with E-state index in [9.17, 15) is 19.5 Å². The highest BCUT2D eigenvalue weighted by Crippen LogP contribution is 2.67. The van der Waals surface area contributed by atoms with Gasteiger partial charge < -0.3 is 10.2 Å². The van der Waals surface area contributed by atoms with Crippen LogP contribution in [0.25, 0.3) is 0 Å². The van der Waals surface area contributed by atoms with Gasteiger partial charge in [0, 0.05) is 18.3 Å². The molecule has 3 fully saturated rings. The number of fused-ring (bicyclic) bond motifs is 5. The number of Topliss-reactive ketones (excluding diaryl/α,β-unsaturated/α-hetero) is 1. The van der Waals surface area contributed by atoms with Crippen LogP contribution in [0.4, 0.5) is 0 Å². The molecular weight excluding hydrogens is 356 g/mol. The van der Waals surface area contributed by atoms with Crippen LogP contribution in [0.5, 0.6) is 0 Å². The van der Waals surface area contributed by atoms with Crippen LogP contribution in [-0.2, 0) is 14.4 Å². The van der Waals surface area contributed by atoms with Gasteiger partial charge in [-0.05, 0) is 74.2 Å². The second-order valence-electron chi connectivity index (χ2n) is 10.1. The van der Waals surface area contributed by atoms with Gasteiger partial charge in [-0.3, -0.25) is 14.4 Å². The molecule has 4 aliphatic carbocycles. The Morgan fingerprint density at radius 2 is 1.75 bits per heavy atom. The predicted molar refractivity (Wildman–Crippen MR) is 104 cm³/mol. The van der Waals surface area contributed by atoms with Crippen LogP contribution in [0.15, 0.2) is 11.6 Å². The van der Waals surface area contributed by atoms with Gasteiger partial charge in [0.2, 0.25) is 0 Å². The van der Waals surface area contributed by atoms with Gasteiger partial charge in [0.15, 0.2) is 11.6 Å². The van der Waals surface area contributed by atoms with Crippen molar-refractivity contribution in [1.29, 1.82) is 0 Å². The zero-order valence-corrected chi connectivity index (χ0v) is 17.0. The molecule has 0 aliphatic heterocycles. The molecule has 3 saturated carbocycles. The number of ketones is 2. The molecule has 0 aromatic rings. The highest BCUT2D eigenvalue weighted by Gasteiger charge is 2.65. The highest BCUT2D eigenvalue weighted by molar-refractivity contribution is 5.92. The number of carbonyl (C=O) groups excluding carboxylic acids is 2. The van der Waals surface area contributed by atoms with E-state index in [0.29, 0.717) is 30.6 Å². The number of aliphatic hydroxyl groups is 1. The first-order valence-electron chi connectivity index (χ1n) is 10.8. The van der Waals surface area contributed by atoms with E-state index in [1.54, 1.807) is 0 Å². The molecule has 2 N–H and O–H groups in total. The maximum absolute atomic E-state index is 12.9. The standard InChI is InChI=1S/C23H32O5/c1-21-10-7-15(24)13-14(21)3-4-16-17(21)8-11-22(2)18(16)9-12-23(22,28)19(25)5-6-20(26)27/h13,16-18,28H,3-12H2,1-2H3,(H,26,27)/t16-,17+,18+,21+,22+,23+/m1/s1. The molecule has 0 amide bonds. The summed E-state index contributed by atoms with van der Waals surface area (Å²) in [5.41, 5.74) is -0.463. The fourth-order valence-electron chi connectivity index (χ4n) is 7.46. The summed E-state index contributed by atoms with van der Waals surface area (Å²) in [7, 11) is 0. The lowest BCUT2D eigenvalue weighted by atomic mass is 9.46. The SMILES string of the molecule is C[C@]12CCC(=O)C=C1CC[C@@H]1[C@@H]2CC[C@@]2(C)[C@H]1CC[C@]2(O)C(=O)CCC(=O)O. The topological polar surface area (TPSA) is 91.7 Å². The molecular formula is C23H32O5. The number of carboxylic acids is 1. The Labute approximate surface area is 166 Å². The van der Waals surface area contributed by atoms with E-state index in [-0.39, 0.29) is 29.8 Å². The van der Waals surface area contributed by atoms with E-state index in [1.807, 2.05) is 6.08 Å². The van der Waals surface area contributed by atoms with E-state index < -0.39 is 17.0 Å². The Balaban J connectivity index is 1.60. The van der Waals surface area contributed by atoms with Crippen molar-refractivity contribution in [2.24, 2.45) is 28.6 Å². The Kier molecular flexibility index (Phi) is 4.61. The number of allylic oxidation sites excluding steroid dienone is 1. The lowest BCUT2D eigenvalue weighted by Crippen LogP contribution is -2.57. The summed E-state index contributed by atoms with van der Waals surface area (Å²) < 4.78 is 0. The maximum atomic E-state index is 12.9. The van der Waals surface area contributed by atoms with Gasteiger partial charge in [0.25, 0.3) is 0 Å². The van der Waals surface area contributed by atoms with Gasteiger partial charge >= 0.3 is 5.97 Å². The van der Waals surface area contributed by atoms with E-state index in [4.69, 9.17) is 5.11 Å². The third-order valence-electron chi connectivity index (χ3n) is 9.14. The fourth-order valence-corrected chi connectivity index (χ4v) is 7.46. The van der Waals surface area contributed by atoms with Crippen molar-refractivity contribution in [3.8, 4) is 0 Å². The number of hydrogen-bond acceptors (Lipinski definition) is 4. The number of rotatable bonds is 4. The third kappa shape index (κ3) is 2.65.